The number of hydrogen-bond donors (Lipinski definition) is 0. The average Bonchev–Trinajstić information content (AvgIpc) is 3.61. The van der Waals surface area contributed by atoms with E-state index in [9.17, 15) is 4.79 Å². The van der Waals surface area contributed by atoms with Gasteiger partial charge in [-0.25, -0.2) is 0 Å². The topological polar surface area (TPSA) is 57.3 Å². The van der Waals surface area contributed by atoms with Crippen molar-refractivity contribution in [2.24, 2.45) is 0 Å². The molecule has 1 fully saturated rings. The molecule has 2 atom stereocenters. The van der Waals surface area contributed by atoms with Crippen LogP contribution in [0.3, 0.4) is 0 Å². The molecular weight excluding hydrogens is 380 g/mol. The normalized spacial score (nSPS) is 19.6. The fraction of sp³-hybridized carbons (Fsp3) is 0.240. The lowest BCUT2D eigenvalue weighted by Gasteiger charge is -2.10. The van der Waals surface area contributed by atoms with Crippen molar-refractivity contribution in [3.63, 3.8) is 0 Å². The summed E-state index contributed by atoms with van der Waals surface area (Å²) >= 11 is 0. The van der Waals surface area contributed by atoms with Crippen LogP contribution in [0.2, 0.25) is 0 Å². The molecule has 2 heterocycles. The van der Waals surface area contributed by atoms with Crippen molar-refractivity contribution in [2.75, 3.05) is 13.2 Å². The van der Waals surface area contributed by atoms with Crippen LogP contribution >= 0.6 is 0 Å². The second kappa shape index (κ2) is 8.20. The van der Waals surface area contributed by atoms with Gasteiger partial charge in [-0.15, -0.1) is 0 Å². The zero-order chi connectivity index (χ0) is 20.3. The summed E-state index contributed by atoms with van der Waals surface area (Å²) in [5, 5.41) is 0. The molecule has 0 unspecified atom stereocenters. The van der Waals surface area contributed by atoms with Gasteiger partial charge in [-0.3, -0.25) is 4.79 Å². The number of hydrogen-bond acceptors (Lipinski definition) is 5. The molecule has 0 aliphatic carbocycles. The lowest BCUT2D eigenvalue weighted by atomic mass is 10.0. The highest BCUT2D eigenvalue weighted by Crippen LogP contribution is 2.44. The Balaban J connectivity index is 1.30. The van der Waals surface area contributed by atoms with Gasteiger partial charge in [-0.1, -0.05) is 48.5 Å². The standard InChI is InChI=1S/C25H22O5/c26-23(19-9-4-5-10-20(19)29-16-17-7-2-1-3-8-17)25-24(30-25)18-11-12-21-22(15-18)28-14-6-13-27-21/h1-5,7-12,15,24-25H,6,13-14,16H2/t24-,25-/m0/s1. The second-order valence-corrected chi connectivity index (χ2v) is 7.37. The highest BCUT2D eigenvalue weighted by atomic mass is 16.6. The van der Waals surface area contributed by atoms with Crippen molar-refractivity contribution < 1.29 is 23.7 Å². The van der Waals surface area contributed by atoms with Gasteiger partial charge in [-0.05, 0) is 35.4 Å². The van der Waals surface area contributed by atoms with Crippen molar-refractivity contribution in [1.82, 2.24) is 0 Å². The summed E-state index contributed by atoms with van der Waals surface area (Å²) in [7, 11) is 0. The minimum atomic E-state index is -0.517. The molecule has 1 saturated heterocycles. The molecule has 0 aromatic heterocycles. The van der Waals surface area contributed by atoms with Crippen LogP contribution in [0, 0.1) is 0 Å². The predicted molar refractivity (Wildman–Crippen MR) is 111 cm³/mol. The molecule has 2 aliphatic heterocycles. The van der Waals surface area contributed by atoms with Crippen molar-refractivity contribution in [3.8, 4) is 17.2 Å². The Hall–Kier alpha value is -3.31. The molecule has 5 rings (SSSR count). The van der Waals surface area contributed by atoms with Crippen LogP contribution in [0.1, 0.15) is 34.0 Å². The third-order valence-electron chi connectivity index (χ3n) is 5.24. The molecule has 5 nitrogen and oxygen atoms in total. The van der Waals surface area contributed by atoms with Gasteiger partial charge in [0, 0.05) is 6.42 Å². The van der Waals surface area contributed by atoms with Crippen molar-refractivity contribution in [2.45, 2.75) is 25.2 Å². The van der Waals surface area contributed by atoms with Gasteiger partial charge in [0.05, 0.1) is 18.8 Å². The zero-order valence-electron chi connectivity index (χ0n) is 16.5. The molecule has 0 N–H and O–H groups in total. The molecule has 0 amide bonds. The van der Waals surface area contributed by atoms with Crippen LogP contribution in [-0.2, 0) is 11.3 Å². The number of carbonyl (C=O) groups excluding carboxylic acids is 1. The first kappa shape index (κ1) is 18.7. The van der Waals surface area contributed by atoms with Crippen molar-refractivity contribution >= 4 is 5.78 Å². The maximum atomic E-state index is 13.1. The van der Waals surface area contributed by atoms with E-state index in [0.29, 0.717) is 36.9 Å². The molecule has 30 heavy (non-hydrogen) atoms. The van der Waals surface area contributed by atoms with Gasteiger partial charge in [-0.2, -0.15) is 0 Å². The van der Waals surface area contributed by atoms with E-state index in [0.717, 1.165) is 23.3 Å². The highest BCUT2D eigenvalue weighted by Gasteiger charge is 2.47. The Labute approximate surface area is 175 Å². The SMILES string of the molecule is O=C(c1ccccc1OCc1ccccc1)[C@@H]1O[C@H]1c1ccc2c(c1)OCCCO2. The van der Waals surface area contributed by atoms with E-state index in [-0.39, 0.29) is 11.9 Å². The summed E-state index contributed by atoms with van der Waals surface area (Å²) in [5.74, 6) is 1.94. The van der Waals surface area contributed by atoms with Crippen LogP contribution in [0.5, 0.6) is 17.2 Å². The third-order valence-corrected chi connectivity index (χ3v) is 5.24. The number of fused-ring (bicyclic) bond motifs is 1. The Morgan fingerprint density at radius 3 is 2.53 bits per heavy atom. The molecule has 3 aromatic carbocycles. The largest absolute Gasteiger partial charge is 0.490 e. The first-order chi connectivity index (χ1) is 14.8. The summed E-state index contributed by atoms with van der Waals surface area (Å²) in [5.41, 5.74) is 2.50. The lowest BCUT2D eigenvalue weighted by Crippen LogP contribution is -2.11. The van der Waals surface area contributed by atoms with Gasteiger partial charge < -0.3 is 18.9 Å². The van der Waals surface area contributed by atoms with E-state index in [1.54, 1.807) is 6.07 Å². The first-order valence-electron chi connectivity index (χ1n) is 10.1. The minimum Gasteiger partial charge on any atom is -0.490 e. The number of rotatable bonds is 6. The number of ether oxygens (including phenoxy) is 4. The molecule has 0 spiro atoms. The first-order valence-corrected chi connectivity index (χ1v) is 10.1. The van der Waals surface area contributed by atoms with Crippen LogP contribution < -0.4 is 14.2 Å². The number of ketones is 1. The van der Waals surface area contributed by atoms with E-state index in [4.69, 9.17) is 18.9 Å². The zero-order valence-corrected chi connectivity index (χ0v) is 16.5. The van der Waals surface area contributed by atoms with E-state index in [1.807, 2.05) is 66.7 Å². The van der Waals surface area contributed by atoms with E-state index in [2.05, 4.69) is 0 Å². The molecule has 0 saturated carbocycles. The molecule has 3 aromatic rings. The fourth-order valence-electron chi connectivity index (χ4n) is 3.61. The summed E-state index contributed by atoms with van der Waals surface area (Å²) < 4.78 is 23.1. The van der Waals surface area contributed by atoms with Gasteiger partial charge >= 0.3 is 0 Å². The van der Waals surface area contributed by atoms with Gasteiger partial charge in [0.25, 0.3) is 0 Å². The Bertz CT molecular complexity index is 1050. The maximum Gasteiger partial charge on any atom is 0.198 e. The highest BCUT2D eigenvalue weighted by molar-refractivity contribution is 6.03. The smallest absolute Gasteiger partial charge is 0.198 e. The molecule has 5 heteroatoms. The monoisotopic (exact) mass is 402 g/mol. The number of benzene rings is 3. The van der Waals surface area contributed by atoms with Crippen molar-refractivity contribution in [3.05, 3.63) is 89.5 Å². The number of Topliss-reactive ketones (excluding diaryl/α,β-unsaturated/α-hetero) is 1. The Morgan fingerprint density at radius 1 is 0.900 bits per heavy atom. The number of carbonyl (C=O) groups is 1. The quantitative estimate of drug-likeness (QED) is 0.440. The van der Waals surface area contributed by atoms with E-state index < -0.39 is 6.10 Å². The van der Waals surface area contributed by atoms with Crippen LogP contribution in [0.15, 0.2) is 72.8 Å². The Morgan fingerprint density at radius 2 is 1.67 bits per heavy atom. The van der Waals surface area contributed by atoms with Crippen LogP contribution in [0.4, 0.5) is 0 Å². The molecule has 152 valence electrons. The van der Waals surface area contributed by atoms with Crippen molar-refractivity contribution in [1.29, 1.82) is 0 Å². The maximum absolute atomic E-state index is 13.1. The summed E-state index contributed by atoms with van der Waals surface area (Å²) in [6, 6.07) is 22.9. The summed E-state index contributed by atoms with van der Waals surface area (Å²) in [6.45, 7) is 1.67. The minimum absolute atomic E-state index is 0.0734. The molecule has 0 bridgehead atoms. The summed E-state index contributed by atoms with van der Waals surface area (Å²) in [4.78, 5) is 13.1. The fourth-order valence-corrected chi connectivity index (χ4v) is 3.61. The predicted octanol–water partition coefficient (Wildman–Crippen LogP) is 4.75. The van der Waals surface area contributed by atoms with Gasteiger partial charge in [0.15, 0.2) is 23.4 Å². The summed E-state index contributed by atoms with van der Waals surface area (Å²) in [6.07, 6.45) is 0.0539. The second-order valence-electron chi connectivity index (χ2n) is 7.37. The van der Waals surface area contributed by atoms with Crippen LogP contribution in [-0.4, -0.2) is 25.1 Å². The molecular formula is C25H22O5. The van der Waals surface area contributed by atoms with E-state index in [1.165, 1.54) is 0 Å². The Kier molecular flexibility index (Phi) is 5.11. The molecule has 0 radical (unpaired) electrons. The number of para-hydroxylation sites is 1. The third kappa shape index (κ3) is 3.89. The molecule has 2 aliphatic rings. The lowest BCUT2D eigenvalue weighted by molar-refractivity contribution is 0.0949. The van der Waals surface area contributed by atoms with E-state index >= 15 is 0 Å². The average molecular weight is 402 g/mol. The van der Waals surface area contributed by atoms with Crippen LogP contribution in [0.25, 0.3) is 0 Å². The van der Waals surface area contributed by atoms with Gasteiger partial charge in [0.1, 0.15) is 18.5 Å². The van der Waals surface area contributed by atoms with Gasteiger partial charge in [0.2, 0.25) is 0 Å². The number of epoxide rings is 1.